The van der Waals surface area contributed by atoms with E-state index in [1.54, 1.807) is 0 Å². The molecule has 2 N–H and O–H groups in total. The Bertz CT molecular complexity index is 179. The van der Waals surface area contributed by atoms with Crippen molar-refractivity contribution in [3.05, 3.63) is 0 Å². The van der Waals surface area contributed by atoms with Crippen LogP contribution in [0, 0.1) is 0 Å². The van der Waals surface area contributed by atoms with E-state index >= 15 is 0 Å². The van der Waals surface area contributed by atoms with E-state index in [9.17, 15) is 5.11 Å². The lowest BCUT2D eigenvalue weighted by Gasteiger charge is -2.28. The highest BCUT2D eigenvalue weighted by Crippen LogP contribution is 2.29. The fourth-order valence-electron chi connectivity index (χ4n) is 2.55. The van der Waals surface area contributed by atoms with Crippen molar-refractivity contribution in [1.82, 2.24) is 10.2 Å². The summed E-state index contributed by atoms with van der Waals surface area (Å²) < 4.78 is 0. The molecule has 0 aliphatic heterocycles. The molecule has 0 aromatic carbocycles. The third-order valence-corrected chi connectivity index (χ3v) is 3.42. The highest BCUT2D eigenvalue weighted by atomic mass is 16.3. The van der Waals surface area contributed by atoms with Crippen LogP contribution in [0.1, 0.15) is 45.4 Å². The molecule has 3 nitrogen and oxygen atoms in total. The predicted octanol–water partition coefficient (Wildman–Crippen LogP) is 1.61. The molecule has 0 atom stereocenters. The van der Waals surface area contributed by atoms with E-state index in [4.69, 9.17) is 0 Å². The molecule has 0 radical (unpaired) electrons. The minimum atomic E-state index is -0.383. The van der Waals surface area contributed by atoms with Crippen molar-refractivity contribution in [2.75, 3.05) is 33.2 Å². The van der Waals surface area contributed by atoms with Gasteiger partial charge in [-0.3, -0.25) is 0 Å². The van der Waals surface area contributed by atoms with Crippen LogP contribution in [-0.2, 0) is 0 Å². The van der Waals surface area contributed by atoms with Gasteiger partial charge in [-0.1, -0.05) is 19.8 Å². The van der Waals surface area contributed by atoms with Crippen LogP contribution < -0.4 is 5.32 Å². The lowest BCUT2D eigenvalue weighted by molar-refractivity contribution is 0.0162. The summed E-state index contributed by atoms with van der Waals surface area (Å²) in [7, 11) is 2.12. The third kappa shape index (κ3) is 5.28. The predicted molar refractivity (Wildman–Crippen MR) is 68.7 cm³/mol. The normalized spacial score (nSPS) is 19.5. The highest BCUT2D eigenvalue weighted by Gasteiger charge is 2.31. The minimum absolute atomic E-state index is 0.383. The number of likely N-dealkylation sites (N-methyl/N-ethyl adjacent to an activating group) is 1. The molecule has 0 saturated heterocycles. The molecule has 16 heavy (non-hydrogen) atoms. The second kappa shape index (κ2) is 7.25. The van der Waals surface area contributed by atoms with Gasteiger partial charge in [0.05, 0.1) is 5.60 Å². The summed E-state index contributed by atoms with van der Waals surface area (Å²) in [5, 5.41) is 13.6. The van der Waals surface area contributed by atoms with E-state index in [1.807, 2.05) is 0 Å². The van der Waals surface area contributed by atoms with Gasteiger partial charge in [-0.15, -0.1) is 0 Å². The Morgan fingerprint density at radius 2 is 1.94 bits per heavy atom. The number of nitrogens with one attached hydrogen (secondary N) is 1. The highest BCUT2D eigenvalue weighted by molar-refractivity contribution is 4.86. The Morgan fingerprint density at radius 3 is 2.56 bits per heavy atom. The van der Waals surface area contributed by atoms with Crippen molar-refractivity contribution in [2.24, 2.45) is 0 Å². The van der Waals surface area contributed by atoms with E-state index in [0.717, 1.165) is 39.0 Å². The molecule has 1 fully saturated rings. The Labute approximate surface area is 100 Å². The van der Waals surface area contributed by atoms with E-state index in [-0.39, 0.29) is 5.60 Å². The molecular weight excluding hydrogens is 200 g/mol. The SMILES string of the molecule is CCCNCCCN(C)CC1(O)CCCC1. The van der Waals surface area contributed by atoms with E-state index in [0.29, 0.717) is 0 Å². The molecule has 0 heterocycles. The summed E-state index contributed by atoms with van der Waals surface area (Å²) in [6.07, 6.45) is 6.75. The second-order valence-electron chi connectivity index (χ2n) is 5.27. The van der Waals surface area contributed by atoms with Crippen LogP contribution in [-0.4, -0.2) is 48.8 Å². The smallest absolute Gasteiger partial charge is 0.0774 e. The van der Waals surface area contributed by atoms with Gasteiger partial charge in [0.15, 0.2) is 0 Å². The van der Waals surface area contributed by atoms with E-state index in [1.165, 1.54) is 25.7 Å². The molecule has 0 spiro atoms. The molecular formula is C13H28N2O. The molecule has 0 unspecified atom stereocenters. The van der Waals surface area contributed by atoms with Gasteiger partial charge in [0.25, 0.3) is 0 Å². The molecule has 0 bridgehead atoms. The first-order valence-electron chi connectivity index (χ1n) is 6.78. The van der Waals surface area contributed by atoms with Gasteiger partial charge in [-0.05, 0) is 52.4 Å². The van der Waals surface area contributed by atoms with Crippen LogP contribution in [0.4, 0.5) is 0 Å². The quantitative estimate of drug-likeness (QED) is 0.620. The topological polar surface area (TPSA) is 35.5 Å². The van der Waals surface area contributed by atoms with Gasteiger partial charge in [-0.2, -0.15) is 0 Å². The van der Waals surface area contributed by atoms with Crippen molar-refractivity contribution in [3.8, 4) is 0 Å². The summed E-state index contributed by atoms with van der Waals surface area (Å²) in [6, 6.07) is 0. The number of hydrogen-bond donors (Lipinski definition) is 2. The van der Waals surface area contributed by atoms with Crippen molar-refractivity contribution in [3.63, 3.8) is 0 Å². The molecule has 1 rings (SSSR count). The van der Waals surface area contributed by atoms with Gasteiger partial charge >= 0.3 is 0 Å². The minimum Gasteiger partial charge on any atom is -0.389 e. The van der Waals surface area contributed by atoms with Gasteiger partial charge in [0.1, 0.15) is 0 Å². The van der Waals surface area contributed by atoms with Gasteiger partial charge < -0.3 is 15.3 Å². The molecule has 1 aliphatic rings. The summed E-state index contributed by atoms with van der Waals surface area (Å²) in [5.74, 6) is 0. The first-order valence-corrected chi connectivity index (χ1v) is 6.78. The summed E-state index contributed by atoms with van der Waals surface area (Å²) in [5.41, 5.74) is -0.383. The Morgan fingerprint density at radius 1 is 1.25 bits per heavy atom. The lowest BCUT2D eigenvalue weighted by Crippen LogP contribution is -2.40. The molecule has 0 amide bonds. The van der Waals surface area contributed by atoms with Crippen LogP contribution in [0.5, 0.6) is 0 Å². The molecule has 0 aromatic heterocycles. The average molecular weight is 228 g/mol. The zero-order chi connectivity index (χ0) is 11.9. The fourth-order valence-corrected chi connectivity index (χ4v) is 2.55. The number of rotatable bonds is 8. The van der Waals surface area contributed by atoms with Crippen LogP contribution >= 0.6 is 0 Å². The van der Waals surface area contributed by atoms with Gasteiger partial charge in [-0.25, -0.2) is 0 Å². The Kier molecular flexibility index (Phi) is 6.32. The van der Waals surface area contributed by atoms with E-state index in [2.05, 4.69) is 24.2 Å². The largest absolute Gasteiger partial charge is 0.389 e. The van der Waals surface area contributed by atoms with Crippen molar-refractivity contribution < 1.29 is 5.11 Å². The fraction of sp³-hybridized carbons (Fsp3) is 1.00. The monoisotopic (exact) mass is 228 g/mol. The summed E-state index contributed by atoms with van der Waals surface area (Å²) >= 11 is 0. The maximum atomic E-state index is 10.2. The van der Waals surface area contributed by atoms with Crippen LogP contribution in [0.15, 0.2) is 0 Å². The standard InChI is InChI=1S/C13H28N2O/c1-3-9-14-10-6-11-15(2)12-13(16)7-4-5-8-13/h14,16H,3-12H2,1-2H3. The molecule has 1 aliphatic carbocycles. The van der Waals surface area contributed by atoms with E-state index < -0.39 is 0 Å². The van der Waals surface area contributed by atoms with Gasteiger partial charge in [0.2, 0.25) is 0 Å². The van der Waals surface area contributed by atoms with Crippen LogP contribution in [0.3, 0.4) is 0 Å². The van der Waals surface area contributed by atoms with Crippen LogP contribution in [0.2, 0.25) is 0 Å². The van der Waals surface area contributed by atoms with Crippen molar-refractivity contribution in [1.29, 1.82) is 0 Å². The molecule has 96 valence electrons. The second-order valence-corrected chi connectivity index (χ2v) is 5.27. The zero-order valence-electron chi connectivity index (χ0n) is 11.0. The van der Waals surface area contributed by atoms with Crippen molar-refractivity contribution in [2.45, 2.75) is 51.0 Å². The number of hydrogen-bond acceptors (Lipinski definition) is 3. The third-order valence-electron chi connectivity index (χ3n) is 3.42. The molecule has 0 aromatic rings. The maximum Gasteiger partial charge on any atom is 0.0774 e. The first-order chi connectivity index (χ1) is 7.66. The molecule has 3 heteroatoms. The van der Waals surface area contributed by atoms with Crippen LogP contribution in [0.25, 0.3) is 0 Å². The van der Waals surface area contributed by atoms with Gasteiger partial charge in [0, 0.05) is 6.54 Å². The lowest BCUT2D eigenvalue weighted by atomic mass is 10.0. The summed E-state index contributed by atoms with van der Waals surface area (Å²) in [6.45, 7) is 6.33. The summed E-state index contributed by atoms with van der Waals surface area (Å²) in [4.78, 5) is 2.28. The Hall–Kier alpha value is -0.120. The van der Waals surface area contributed by atoms with Crippen molar-refractivity contribution >= 4 is 0 Å². The first kappa shape index (κ1) is 13.9. The molecule has 1 saturated carbocycles. The average Bonchev–Trinajstić information content (AvgIpc) is 2.64. The Balaban J connectivity index is 2.04. The maximum absolute atomic E-state index is 10.2. The number of aliphatic hydroxyl groups is 1. The zero-order valence-corrected chi connectivity index (χ0v) is 11.0. The number of nitrogens with zero attached hydrogens (tertiary/aromatic N) is 1.